The second kappa shape index (κ2) is 8.97. The average molecular weight is 279 g/mol. The van der Waals surface area contributed by atoms with E-state index in [1.807, 2.05) is 6.07 Å². The Labute approximate surface area is 119 Å². The Morgan fingerprint density at radius 1 is 1.35 bits per heavy atom. The van der Waals surface area contributed by atoms with Crippen molar-refractivity contribution in [3.8, 4) is 6.07 Å². The molecule has 1 rings (SSSR count). The van der Waals surface area contributed by atoms with Crippen LogP contribution in [0.1, 0.15) is 38.5 Å². The molecule has 0 atom stereocenters. The first kappa shape index (κ1) is 16.0. The van der Waals surface area contributed by atoms with Gasteiger partial charge in [0.05, 0.1) is 13.5 Å². The second-order valence-corrected chi connectivity index (χ2v) is 4.76. The predicted molar refractivity (Wildman–Crippen MR) is 73.3 cm³/mol. The van der Waals surface area contributed by atoms with Gasteiger partial charge in [0.15, 0.2) is 0 Å². The van der Waals surface area contributed by atoms with E-state index in [4.69, 9.17) is 5.26 Å². The van der Waals surface area contributed by atoms with Crippen molar-refractivity contribution in [2.24, 2.45) is 0 Å². The van der Waals surface area contributed by atoms with Crippen molar-refractivity contribution in [3.05, 3.63) is 11.8 Å². The van der Waals surface area contributed by atoms with Gasteiger partial charge in [-0.2, -0.15) is 5.26 Å². The topological polar surface area (TPSA) is 91.2 Å². The summed E-state index contributed by atoms with van der Waals surface area (Å²) >= 11 is 0. The number of ether oxygens (including phenoxy) is 1. The van der Waals surface area contributed by atoms with Crippen molar-refractivity contribution in [2.45, 2.75) is 44.6 Å². The van der Waals surface area contributed by atoms with Gasteiger partial charge in [-0.3, -0.25) is 9.59 Å². The van der Waals surface area contributed by atoms with E-state index in [1.165, 1.54) is 19.7 Å². The van der Waals surface area contributed by atoms with Gasteiger partial charge >= 0.3 is 5.97 Å². The van der Waals surface area contributed by atoms with Crippen LogP contribution in [0, 0.1) is 11.3 Å². The molecular weight excluding hydrogens is 258 g/mol. The van der Waals surface area contributed by atoms with Gasteiger partial charge in [0.25, 0.3) is 5.91 Å². The lowest BCUT2D eigenvalue weighted by atomic mass is 9.95. The van der Waals surface area contributed by atoms with E-state index >= 15 is 0 Å². The summed E-state index contributed by atoms with van der Waals surface area (Å²) in [4.78, 5) is 22.8. The van der Waals surface area contributed by atoms with Crippen LogP contribution in [0.15, 0.2) is 11.8 Å². The highest BCUT2D eigenvalue weighted by molar-refractivity contribution is 5.97. The fourth-order valence-corrected chi connectivity index (χ4v) is 2.11. The zero-order valence-electron chi connectivity index (χ0n) is 11.8. The number of hydrogen-bond acceptors (Lipinski definition) is 5. The molecule has 0 spiro atoms. The van der Waals surface area contributed by atoms with Crippen LogP contribution in [0.5, 0.6) is 0 Å². The first-order valence-corrected chi connectivity index (χ1v) is 6.88. The van der Waals surface area contributed by atoms with E-state index in [-0.39, 0.29) is 29.9 Å². The lowest BCUT2D eigenvalue weighted by Crippen LogP contribution is -2.37. The van der Waals surface area contributed by atoms with Crippen molar-refractivity contribution in [2.75, 3.05) is 13.7 Å². The number of rotatable bonds is 6. The molecule has 0 bridgehead atoms. The Kier molecular flexibility index (Phi) is 7.18. The van der Waals surface area contributed by atoms with E-state index in [9.17, 15) is 9.59 Å². The molecule has 0 aromatic rings. The van der Waals surface area contributed by atoms with Crippen LogP contribution in [-0.4, -0.2) is 31.6 Å². The number of nitriles is 1. The molecule has 1 aliphatic carbocycles. The van der Waals surface area contributed by atoms with Crippen LogP contribution in [0.3, 0.4) is 0 Å². The van der Waals surface area contributed by atoms with Gasteiger partial charge in [0, 0.05) is 18.8 Å². The van der Waals surface area contributed by atoms with E-state index in [1.54, 1.807) is 0 Å². The molecular formula is C14H21N3O3. The molecule has 110 valence electrons. The molecule has 6 heteroatoms. The van der Waals surface area contributed by atoms with Gasteiger partial charge < -0.3 is 15.4 Å². The van der Waals surface area contributed by atoms with Gasteiger partial charge in [-0.15, -0.1) is 0 Å². The highest BCUT2D eigenvalue weighted by atomic mass is 16.5. The molecule has 0 radical (unpaired) electrons. The zero-order valence-corrected chi connectivity index (χ0v) is 11.8. The fourth-order valence-electron chi connectivity index (χ4n) is 2.11. The van der Waals surface area contributed by atoms with Crippen LogP contribution >= 0.6 is 0 Å². The average Bonchev–Trinajstić information content (AvgIpc) is 2.47. The third kappa shape index (κ3) is 5.74. The molecule has 1 saturated carbocycles. The normalized spacial score (nSPS) is 16.1. The molecule has 0 saturated heterocycles. The van der Waals surface area contributed by atoms with Crippen LogP contribution in [-0.2, 0) is 14.3 Å². The largest absolute Gasteiger partial charge is 0.469 e. The summed E-state index contributed by atoms with van der Waals surface area (Å²) in [5, 5.41) is 14.6. The van der Waals surface area contributed by atoms with Crippen molar-refractivity contribution in [3.63, 3.8) is 0 Å². The Morgan fingerprint density at radius 3 is 2.65 bits per heavy atom. The summed E-state index contributed by atoms with van der Waals surface area (Å²) in [7, 11) is 1.32. The van der Waals surface area contributed by atoms with Crippen molar-refractivity contribution in [1.82, 2.24) is 10.6 Å². The number of carbonyl (C=O) groups is 2. The number of amides is 1. The summed E-state index contributed by atoms with van der Waals surface area (Å²) in [6.07, 6.45) is 6.93. The van der Waals surface area contributed by atoms with Crippen molar-refractivity contribution < 1.29 is 14.3 Å². The van der Waals surface area contributed by atoms with E-state index in [2.05, 4.69) is 15.4 Å². The smallest absolute Gasteiger partial charge is 0.307 e. The Hall–Kier alpha value is -2.03. The summed E-state index contributed by atoms with van der Waals surface area (Å²) in [6.45, 7) is 0.328. The molecule has 0 heterocycles. The van der Waals surface area contributed by atoms with Crippen LogP contribution in [0.4, 0.5) is 0 Å². The minimum absolute atomic E-state index is 0.0282. The Balaban J connectivity index is 2.37. The summed E-state index contributed by atoms with van der Waals surface area (Å²) < 4.78 is 4.49. The Bertz CT molecular complexity index is 406. The molecule has 1 aliphatic rings. The van der Waals surface area contributed by atoms with Gasteiger partial charge in [-0.05, 0) is 12.8 Å². The summed E-state index contributed by atoms with van der Waals surface area (Å²) in [6, 6.07) is 2.03. The standard InChI is InChI=1S/C14H21N3O3/c1-20-13(18)7-8-16-10-11(9-15)14(19)17-12-5-3-2-4-6-12/h10,12,16H,2-8H2,1H3,(H,17,19)/b11-10-. The number of nitrogens with zero attached hydrogens (tertiary/aromatic N) is 1. The quantitative estimate of drug-likeness (QED) is 0.327. The van der Waals surface area contributed by atoms with Crippen molar-refractivity contribution in [1.29, 1.82) is 5.26 Å². The van der Waals surface area contributed by atoms with E-state index < -0.39 is 0 Å². The third-order valence-corrected chi connectivity index (χ3v) is 3.25. The molecule has 0 unspecified atom stereocenters. The van der Waals surface area contributed by atoms with Gasteiger partial charge in [0.2, 0.25) is 0 Å². The third-order valence-electron chi connectivity index (χ3n) is 3.25. The van der Waals surface area contributed by atoms with Crippen LogP contribution in [0.25, 0.3) is 0 Å². The van der Waals surface area contributed by atoms with Gasteiger partial charge in [-0.1, -0.05) is 19.3 Å². The van der Waals surface area contributed by atoms with E-state index in [0.29, 0.717) is 6.54 Å². The first-order chi connectivity index (χ1) is 9.67. The maximum absolute atomic E-state index is 11.9. The van der Waals surface area contributed by atoms with Crippen molar-refractivity contribution >= 4 is 11.9 Å². The van der Waals surface area contributed by atoms with Gasteiger partial charge in [-0.25, -0.2) is 0 Å². The number of hydrogen-bond donors (Lipinski definition) is 2. The highest BCUT2D eigenvalue weighted by Crippen LogP contribution is 2.17. The summed E-state index contributed by atoms with van der Waals surface area (Å²) in [5.74, 6) is -0.693. The molecule has 20 heavy (non-hydrogen) atoms. The molecule has 1 fully saturated rings. The summed E-state index contributed by atoms with van der Waals surface area (Å²) in [5.41, 5.74) is 0.0282. The van der Waals surface area contributed by atoms with Crippen LogP contribution < -0.4 is 10.6 Å². The molecule has 0 aromatic carbocycles. The van der Waals surface area contributed by atoms with Crippen LogP contribution in [0.2, 0.25) is 0 Å². The lowest BCUT2D eigenvalue weighted by Gasteiger charge is -2.22. The highest BCUT2D eigenvalue weighted by Gasteiger charge is 2.17. The molecule has 1 amide bonds. The maximum atomic E-state index is 11.9. The number of esters is 1. The number of methoxy groups -OCH3 is 1. The zero-order chi connectivity index (χ0) is 14.8. The maximum Gasteiger partial charge on any atom is 0.307 e. The fraction of sp³-hybridized carbons (Fsp3) is 0.643. The lowest BCUT2D eigenvalue weighted by molar-refractivity contribution is -0.140. The molecule has 2 N–H and O–H groups in total. The SMILES string of the molecule is COC(=O)CCN/C=C(/C#N)C(=O)NC1CCCCC1. The minimum Gasteiger partial charge on any atom is -0.469 e. The minimum atomic E-state index is -0.357. The van der Waals surface area contributed by atoms with Gasteiger partial charge in [0.1, 0.15) is 11.6 Å². The second-order valence-electron chi connectivity index (χ2n) is 4.76. The molecule has 0 aromatic heterocycles. The number of carbonyl (C=O) groups excluding carboxylic acids is 2. The van der Waals surface area contributed by atoms with E-state index in [0.717, 1.165) is 25.7 Å². The monoisotopic (exact) mass is 279 g/mol. The predicted octanol–water partition coefficient (Wildman–Crippen LogP) is 0.995. The number of nitrogens with one attached hydrogen (secondary N) is 2. The first-order valence-electron chi connectivity index (χ1n) is 6.88. The molecule has 0 aliphatic heterocycles. The molecule has 6 nitrogen and oxygen atoms in total. The Morgan fingerprint density at radius 2 is 2.05 bits per heavy atom.